The number of nitrogens with zero attached hydrogens (tertiary/aromatic N) is 1. The van der Waals surface area contributed by atoms with Crippen molar-refractivity contribution in [2.24, 2.45) is 5.92 Å². The number of carbonyl (C=O) groups is 1. The second kappa shape index (κ2) is 5.37. The van der Waals surface area contributed by atoms with Crippen molar-refractivity contribution in [2.45, 2.75) is 37.8 Å². The van der Waals surface area contributed by atoms with E-state index in [1.165, 1.54) is 7.11 Å². The number of Topliss-reactive ketones (excluding diaryl/α,β-unsaturated/α-hetero) is 1. The Labute approximate surface area is 122 Å². The van der Waals surface area contributed by atoms with Crippen molar-refractivity contribution in [3.05, 3.63) is 29.3 Å². The van der Waals surface area contributed by atoms with Crippen molar-refractivity contribution in [1.29, 1.82) is 0 Å². The Hall–Kier alpha value is -1.49. The normalized spacial score (nSPS) is 28.7. The summed E-state index contributed by atoms with van der Waals surface area (Å²) in [5, 5.41) is 0. The zero-order valence-corrected chi connectivity index (χ0v) is 12.2. The summed E-state index contributed by atoms with van der Waals surface area (Å²) in [5.74, 6) is -2.14. The second-order valence-electron chi connectivity index (χ2n) is 6.05. The molecule has 2 atom stereocenters. The van der Waals surface area contributed by atoms with E-state index >= 15 is 0 Å². The smallest absolute Gasteiger partial charge is 0.169 e. The van der Waals surface area contributed by atoms with Crippen LogP contribution in [0.3, 0.4) is 0 Å². The van der Waals surface area contributed by atoms with E-state index in [2.05, 4.69) is 11.9 Å². The highest BCUT2D eigenvalue weighted by Crippen LogP contribution is 2.39. The molecule has 3 nitrogen and oxygen atoms in total. The largest absolute Gasteiger partial charge is 0.496 e. The Morgan fingerprint density at radius 2 is 1.76 bits per heavy atom. The minimum atomic E-state index is -1.00. The van der Waals surface area contributed by atoms with E-state index in [0.29, 0.717) is 12.1 Å². The van der Waals surface area contributed by atoms with Crippen molar-refractivity contribution >= 4 is 5.78 Å². The van der Waals surface area contributed by atoms with Gasteiger partial charge in [0.15, 0.2) is 17.4 Å². The summed E-state index contributed by atoms with van der Waals surface area (Å²) in [4.78, 5) is 15.0. The first-order valence-electron chi connectivity index (χ1n) is 7.30. The van der Waals surface area contributed by atoms with Gasteiger partial charge in [0.2, 0.25) is 0 Å². The molecule has 0 aromatic heterocycles. The van der Waals surface area contributed by atoms with E-state index in [9.17, 15) is 13.6 Å². The number of piperidine rings is 1. The minimum absolute atomic E-state index is 0.116. The van der Waals surface area contributed by atoms with Crippen LogP contribution >= 0.6 is 0 Å². The van der Waals surface area contributed by atoms with Gasteiger partial charge >= 0.3 is 0 Å². The van der Waals surface area contributed by atoms with Gasteiger partial charge in [0, 0.05) is 24.1 Å². The summed E-state index contributed by atoms with van der Waals surface area (Å²) < 4.78 is 31.8. The lowest BCUT2D eigenvalue weighted by Crippen LogP contribution is -2.42. The molecule has 0 saturated carbocycles. The Balaban J connectivity index is 1.87. The molecule has 2 bridgehead atoms. The maximum Gasteiger partial charge on any atom is 0.169 e. The van der Waals surface area contributed by atoms with Crippen LogP contribution in [0.15, 0.2) is 12.1 Å². The van der Waals surface area contributed by atoms with Crippen LogP contribution in [0.25, 0.3) is 0 Å². The molecule has 2 unspecified atom stereocenters. The number of fused-ring (bicyclic) bond motifs is 2. The maximum atomic E-state index is 13.5. The number of hydrogen-bond acceptors (Lipinski definition) is 3. The lowest BCUT2D eigenvalue weighted by atomic mass is 9.84. The average molecular weight is 295 g/mol. The van der Waals surface area contributed by atoms with Gasteiger partial charge in [0.25, 0.3) is 0 Å². The number of hydrogen-bond donors (Lipinski definition) is 0. The number of methoxy groups -OCH3 is 1. The van der Waals surface area contributed by atoms with Crippen LogP contribution in [0.5, 0.6) is 5.75 Å². The molecule has 1 aromatic rings. The first-order chi connectivity index (χ1) is 10.0. The minimum Gasteiger partial charge on any atom is -0.496 e. The molecule has 0 amide bonds. The van der Waals surface area contributed by atoms with E-state index in [4.69, 9.17) is 4.74 Å². The monoisotopic (exact) mass is 295 g/mol. The first kappa shape index (κ1) is 14.4. The second-order valence-corrected chi connectivity index (χ2v) is 6.05. The number of halogens is 2. The molecule has 3 rings (SSSR count). The zero-order valence-electron chi connectivity index (χ0n) is 12.2. The fraction of sp³-hybridized carbons (Fsp3) is 0.562. The van der Waals surface area contributed by atoms with Crippen LogP contribution < -0.4 is 4.74 Å². The van der Waals surface area contributed by atoms with Crippen molar-refractivity contribution in [3.8, 4) is 5.75 Å². The van der Waals surface area contributed by atoms with Gasteiger partial charge in [-0.1, -0.05) is 0 Å². The van der Waals surface area contributed by atoms with Crippen molar-refractivity contribution in [3.63, 3.8) is 0 Å². The molecule has 2 saturated heterocycles. The highest BCUT2D eigenvalue weighted by molar-refractivity contribution is 6.00. The third kappa shape index (κ3) is 2.44. The molecule has 21 heavy (non-hydrogen) atoms. The molecule has 2 fully saturated rings. The molecule has 114 valence electrons. The number of ketones is 1. The summed E-state index contributed by atoms with van der Waals surface area (Å²) >= 11 is 0. The summed E-state index contributed by atoms with van der Waals surface area (Å²) in [5.41, 5.74) is 0.158. The lowest BCUT2D eigenvalue weighted by Gasteiger charge is -2.35. The predicted molar refractivity (Wildman–Crippen MR) is 74.5 cm³/mol. The SMILES string of the molecule is COc1cc(F)c(F)cc1C(=O)C1CC2CCC(C1)N2C. The van der Waals surface area contributed by atoms with Gasteiger partial charge in [-0.05, 0) is 38.8 Å². The summed E-state index contributed by atoms with van der Waals surface area (Å²) in [6.07, 6.45) is 3.79. The van der Waals surface area contributed by atoms with Gasteiger partial charge in [-0.2, -0.15) is 0 Å². The molecular weight excluding hydrogens is 276 g/mol. The Morgan fingerprint density at radius 3 is 2.33 bits per heavy atom. The van der Waals surface area contributed by atoms with Gasteiger partial charge in [0.1, 0.15) is 5.75 Å². The van der Waals surface area contributed by atoms with Crippen LogP contribution in [-0.2, 0) is 0 Å². The zero-order chi connectivity index (χ0) is 15.1. The van der Waals surface area contributed by atoms with E-state index < -0.39 is 11.6 Å². The number of benzene rings is 1. The van der Waals surface area contributed by atoms with Crippen LogP contribution in [0.4, 0.5) is 8.78 Å². The fourth-order valence-corrected chi connectivity index (χ4v) is 3.74. The van der Waals surface area contributed by atoms with Crippen LogP contribution in [-0.4, -0.2) is 36.9 Å². The highest BCUT2D eigenvalue weighted by atomic mass is 19.2. The van der Waals surface area contributed by atoms with Crippen molar-refractivity contribution < 1.29 is 18.3 Å². The van der Waals surface area contributed by atoms with Crippen LogP contribution in [0, 0.1) is 17.6 Å². The quantitative estimate of drug-likeness (QED) is 0.803. The topological polar surface area (TPSA) is 29.5 Å². The molecule has 5 heteroatoms. The van der Waals surface area contributed by atoms with E-state index in [-0.39, 0.29) is 23.0 Å². The van der Waals surface area contributed by atoms with Gasteiger partial charge in [0.05, 0.1) is 12.7 Å². The number of rotatable bonds is 3. The molecular formula is C16H19F2NO2. The van der Waals surface area contributed by atoms with Gasteiger partial charge < -0.3 is 9.64 Å². The van der Waals surface area contributed by atoms with Crippen molar-refractivity contribution in [2.75, 3.05) is 14.2 Å². The van der Waals surface area contributed by atoms with E-state index in [0.717, 1.165) is 37.8 Å². The summed E-state index contributed by atoms with van der Waals surface area (Å²) in [6, 6.07) is 2.77. The Bertz CT molecular complexity index is 562. The molecule has 1 aromatic carbocycles. The molecule has 2 aliphatic heterocycles. The molecule has 0 aliphatic carbocycles. The van der Waals surface area contributed by atoms with Gasteiger partial charge in [-0.25, -0.2) is 8.78 Å². The molecule has 0 spiro atoms. The van der Waals surface area contributed by atoms with Gasteiger partial charge in [-0.15, -0.1) is 0 Å². The third-order valence-corrected chi connectivity index (χ3v) is 4.98. The number of carbonyl (C=O) groups excluding carboxylic acids is 1. The molecule has 0 N–H and O–H groups in total. The highest BCUT2D eigenvalue weighted by Gasteiger charge is 2.41. The van der Waals surface area contributed by atoms with Gasteiger partial charge in [-0.3, -0.25) is 4.79 Å². The van der Waals surface area contributed by atoms with E-state index in [1.54, 1.807) is 0 Å². The molecule has 0 radical (unpaired) electrons. The third-order valence-electron chi connectivity index (χ3n) is 4.98. The fourth-order valence-electron chi connectivity index (χ4n) is 3.74. The number of ether oxygens (including phenoxy) is 1. The Kier molecular flexibility index (Phi) is 3.69. The van der Waals surface area contributed by atoms with Crippen molar-refractivity contribution in [1.82, 2.24) is 4.90 Å². The Morgan fingerprint density at radius 1 is 1.19 bits per heavy atom. The van der Waals surface area contributed by atoms with E-state index in [1.807, 2.05) is 0 Å². The van der Waals surface area contributed by atoms with Crippen LogP contribution in [0.2, 0.25) is 0 Å². The predicted octanol–water partition coefficient (Wildman–Crippen LogP) is 3.03. The average Bonchev–Trinajstić information content (AvgIpc) is 2.70. The van der Waals surface area contributed by atoms with Crippen LogP contribution in [0.1, 0.15) is 36.0 Å². The summed E-state index contributed by atoms with van der Waals surface area (Å²) in [7, 11) is 3.46. The first-order valence-corrected chi connectivity index (χ1v) is 7.30. The maximum absolute atomic E-state index is 13.5. The molecule has 2 aliphatic rings. The standard InChI is InChI=1S/C16H19F2NO2/c1-19-10-3-4-11(19)6-9(5-10)16(20)12-7-13(17)14(18)8-15(12)21-2/h7-11H,3-6H2,1-2H3. The molecule has 2 heterocycles. The summed E-state index contributed by atoms with van der Waals surface area (Å²) in [6.45, 7) is 0. The lowest BCUT2D eigenvalue weighted by molar-refractivity contribution is 0.0763.